The van der Waals surface area contributed by atoms with Crippen molar-refractivity contribution in [3.8, 4) is 0 Å². The number of aliphatic hydroxyl groups is 2. The van der Waals surface area contributed by atoms with Gasteiger partial charge in [0.2, 0.25) is 7.75 Å². The minimum absolute atomic E-state index is 0.00740. The molecular weight excluding hydrogens is 367 g/mol. The van der Waals surface area contributed by atoms with Crippen LogP contribution in [-0.4, -0.2) is 62.4 Å². The second kappa shape index (κ2) is 7.73. The standard InChI is InChI=1S/C14H23N4O7P/c15-10-4-7-18(14(21)16-10)13-12(20)11(19)9(25-13)8-24-26(22,23)17-5-2-1-3-6-17/h4,7,9,11-13,19-20H,1-3,5-6,8H2,(H,22,23)(H2,15,16,21)/p-1/t9-,11-,12-,13-/m1/s1. The van der Waals surface area contributed by atoms with Crippen LogP contribution in [0.1, 0.15) is 25.5 Å². The van der Waals surface area contributed by atoms with Crippen molar-refractivity contribution in [2.45, 2.75) is 43.8 Å². The molecule has 0 aliphatic carbocycles. The Labute approximate surface area is 149 Å². The van der Waals surface area contributed by atoms with E-state index in [4.69, 9.17) is 15.0 Å². The average molecular weight is 389 g/mol. The summed E-state index contributed by atoms with van der Waals surface area (Å²) < 4.78 is 24.9. The fourth-order valence-corrected chi connectivity index (χ4v) is 4.36. The van der Waals surface area contributed by atoms with Gasteiger partial charge in [-0.1, -0.05) is 6.42 Å². The lowest BCUT2D eigenvalue weighted by atomic mass is 10.1. The van der Waals surface area contributed by atoms with Crippen LogP contribution in [0, 0.1) is 0 Å². The molecule has 146 valence electrons. The number of nitrogen functional groups attached to an aromatic ring is 1. The number of nitrogens with two attached hydrogens (primary N) is 1. The van der Waals surface area contributed by atoms with Crippen molar-refractivity contribution in [3.05, 3.63) is 22.7 Å². The van der Waals surface area contributed by atoms with Crippen LogP contribution < -0.4 is 16.3 Å². The first-order valence-electron chi connectivity index (χ1n) is 8.37. The second-order valence-electron chi connectivity index (χ2n) is 6.37. The van der Waals surface area contributed by atoms with E-state index < -0.39 is 44.6 Å². The summed E-state index contributed by atoms with van der Waals surface area (Å²) in [7, 11) is -4.26. The summed E-state index contributed by atoms with van der Waals surface area (Å²) in [6.07, 6.45) is -1.43. The lowest BCUT2D eigenvalue weighted by molar-refractivity contribution is -0.216. The van der Waals surface area contributed by atoms with Crippen molar-refractivity contribution in [1.82, 2.24) is 14.2 Å². The Morgan fingerprint density at radius 3 is 2.69 bits per heavy atom. The van der Waals surface area contributed by atoms with Gasteiger partial charge in [0, 0.05) is 19.3 Å². The van der Waals surface area contributed by atoms with Crippen molar-refractivity contribution < 1.29 is 28.9 Å². The Morgan fingerprint density at radius 2 is 2.04 bits per heavy atom. The maximum Gasteiger partial charge on any atom is 0.351 e. The fraction of sp³-hybridized carbons (Fsp3) is 0.714. The SMILES string of the molecule is Nc1ccn([C@@H]2O[C@H](COP(=O)([O-])N3CCCCC3)[C@@H](O)[C@H]2O)c(=O)n1. The molecule has 3 rings (SSSR count). The lowest BCUT2D eigenvalue weighted by Crippen LogP contribution is -2.37. The number of nitrogens with zero attached hydrogens (tertiary/aromatic N) is 3. The average Bonchev–Trinajstić information content (AvgIpc) is 2.89. The molecule has 26 heavy (non-hydrogen) atoms. The highest BCUT2D eigenvalue weighted by molar-refractivity contribution is 7.48. The Kier molecular flexibility index (Phi) is 5.78. The predicted octanol–water partition coefficient (Wildman–Crippen LogP) is -1.58. The van der Waals surface area contributed by atoms with E-state index in [1.807, 2.05) is 0 Å². The van der Waals surface area contributed by atoms with Gasteiger partial charge in [-0.25, -0.2) is 9.46 Å². The van der Waals surface area contributed by atoms with E-state index in [1.54, 1.807) is 0 Å². The van der Waals surface area contributed by atoms with Crippen LogP contribution in [-0.2, 0) is 13.8 Å². The normalized spacial score (nSPS) is 32.4. The van der Waals surface area contributed by atoms with Crippen LogP contribution in [0.15, 0.2) is 17.1 Å². The Morgan fingerprint density at radius 1 is 1.35 bits per heavy atom. The summed E-state index contributed by atoms with van der Waals surface area (Å²) >= 11 is 0. The molecule has 2 aliphatic heterocycles. The second-order valence-corrected chi connectivity index (χ2v) is 8.13. The van der Waals surface area contributed by atoms with Crippen molar-refractivity contribution in [1.29, 1.82) is 0 Å². The van der Waals surface area contributed by atoms with E-state index in [0.717, 1.165) is 23.8 Å². The van der Waals surface area contributed by atoms with E-state index in [2.05, 4.69) is 4.98 Å². The van der Waals surface area contributed by atoms with Crippen molar-refractivity contribution >= 4 is 13.6 Å². The number of aliphatic hydroxyl groups excluding tert-OH is 2. The van der Waals surface area contributed by atoms with Gasteiger partial charge in [-0.05, 0) is 18.9 Å². The summed E-state index contributed by atoms with van der Waals surface area (Å²) in [6, 6.07) is 1.34. The van der Waals surface area contributed by atoms with E-state index in [1.165, 1.54) is 16.9 Å². The zero-order chi connectivity index (χ0) is 18.9. The van der Waals surface area contributed by atoms with Crippen LogP contribution in [0.2, 0.25) is 0 Å². The van der Waals surface area contributed by atoms with E-state index >= 15 is 0 Å². The van der Waals surface area contributed by atoms with Gasteiger partial charge in [-0.15, -0.1) is 0 Å². The van der Waals surface area contributed by atoms with Gasteiger partial charge in [-0.2, -0.15) is 4.98 Å². The van der Waals surface area contributed by atoms with Gasteiger partial charge in [0.05, 0.1) is 6.61 Å². The molecular formula is C14H22N4O7P-. The van der Waals surface area contributed by atoms with Gasteiger partial charge in [0.15, 0.2) is 6.23 Å². The molecule has 0 spiro atoms. The first-order chi connectivity index (χ1) is 12.3. The fourth-order valence-electron chi connectivity index (χ4n) is 3.09. The smallest absolute Gasteiger partial charge is 0.351 e. The summed E-state index contributed by atoms with van der Waals surface area (Å²) in [6.45, 7) is 0.322. The number of hydrogen-bond donors (Lipinski definition) is 3. The first kappa shape index (κ1) is 19.4. The summed E-state index contributed by atoms with van der Waals surface area (Å²) in [5, 5.41) is 20.3. The van der Waals surface area contributed by atoms with Gasteiger partial charge in [-0.3, -0.25) is 9.13 Å². The monoisotopic (exact) mass is 389 g/mol. The number of rotatable bonds is 5. The van der Waals surface area contributed by atoms with Gasteiger partial charge < -0.3 is 30.1 Å². The molecule has 11 nitrogen and oxygen atoms in total. The molecule has 2 fully saturated rings. The molecule has 0 radical (unpaired) electrons. The van der Waals surface area contributed by atoms with Crippen LogP contribution >= 0.6 is 7.75 Å². The maximum absolute atomic E-state index is 12.2. The molecule has 0 aromatic carbocycles. The highest BCUT2D eigenvalue weighted by atomic mass is 31.2. The molecule has 0 saturated carbocycles. The van der Waals surface area contributed by atoms with Gasteiger partial charge >= 0.3 is 5.69 Å². The zero-order valence-corrected chi connectivity index (χ0v) is 14.9. The third-order valence-corrected chi connectivity index (χ3v) is 6.11. The number of piperidine rings is 1. The topological polar surface area (TPSA) is 163 Å². The van der Waals surface area contributed by atoms with Crippen molar-refractivity contribution in [2.75, 3.05) is 25.4 Å². The molecule has 1 aromatic rings. The molecule has 2 aliphatic rings. The predicted molar refractivity (Wildman–Crippen MR) is 87.8 cm³/mol. The molecule has 5 atom stereocenters. The van der Waals surface area contributed by atoms with Crippen LogP contribution in [0.3, 0.4) is 0 Å². The highest BCUT2D eigenvalue weighted by Crippen LogP contribution is 2.44. The maximum atomic E-state index is 12.2. The summed E-state index contributed by atoms with van der Waals surface area (Å²) in [5.41, 5.74) is 4.66. The zero-order valence-electron chi connectivity index (χ0n) is 14.0. The van der Waals surface area contributed by atoms with E-state index in [0.29, 0.717) is 13.1 Å². The quantitative estimate of drug-likeness (QED) is 0.501. The minimum atomic E-state index is -4.26. The van der Waals surface area contributed by atoms with Gasteiger partial charge in [0.1, 0.15) is 24.1 Å². The van der Waals surface area contributed by atoms with Crippen LogP contribution in [0.25, 0.3) is 0 Å². The minimum Gasteiger partial charge on any atom is -0.766 e. The number of hydrogen-bond acceptors (Lipinski definition) is 9. The number of ether oxygens (including phenoxy) is 1. The number of aromatic nitrogens is 2. The van der Waals surface area contributed by atoms with Gasteiger partial charge in [0.25, 0.3) is 0 Å². The summed E-state index contributed by atoms with van der Waals surface area (Å²) in [4.78, 5) is 27.6. The molecule has 4 N–H and O–H groups in total. The third kappa shape index (κ3) is 3.99. The largest absolute Gasteiger partial charge is 0.766 e. The Bertz CT molecular complexity index is 738. The van der Waals surface area contributed by atoms with Crippen LogP contribution in [0.5, 0.6) is 0 Å². The number of anilines is 1. The lowest BCUT2D eigenvalue weighted by Gasteiger charge is -2.38. The third-order valence-electron chi connectivity index (χ3n) is 4.54. The first-order valence-corrected chi connectivity index (χ1v) is 9.86. The molecule has 0 amide bonds. The Hall–Kier alpha value is -1.33. The van der Waals surface area contributed by atoms with Crippen LogP contribution in [0.4, 0.5) is 5.82 Å². The van der Waals surface area contributed by atoms with E-state index in [-0.39, 0.29) is 5.82 Å². The van der Waals surface area contributed by atoms with Crippen molar-refractivity contribution in [2.24, 2.45) is 0 Å². The molecule has 1 aromatic heterocycles. The molecule has 3 heterocycles. The molecule has 0 bridgehead atoms. The van der Waals surface area contributed by atoms with Crippen molar-refractivity contribution in [3.63, 3.8) is 0 Å². The molecule has 1 unspecified atom stereocenters. The molecule has 2 saturated heterocycles. The summed E-state index contributed by atoms with van der Waals surface area (Å²) in [5.74, 6) is 0.00740. The highest BCUT2D eigenvalue weighted by Gasteiger charge is 2.44. The van der Waals surface area contributed by atoms with E-state index in [9.17, 15) is 24.5 Å². The Balaban J connectivity index is 1.66. The molecule has 12 heteroatoms.